The first kappa shape index (κ1) is 15.1. The summed E-state index contributed by atoms with van der Waals surface area (Å²) in [5, 5.41) is 4.51. The van der Waals surface area contributed by atoms with Crippen LogP contribution in [0.15, 0.2) is 16.7 Å². The minimum atomic E-state index is 0.0318. The number of aryl methyl sites for hydroxylation is 1. The Hall–Kier alpha value is -1.26. The second-order valence-corrected chi connectivity index (χ2v) is 6.23. The maximum absolute atomic E-state index is 12.2. The van der Waals surface area contributed by atoms with Crippen LogP contribution in [0.3, 0.4) is 0 Å². The maximum Gasteiger partial charge on any atom is 0.219 e. The molecule has 3 nitrogen and oxygen atoms in total. The Kier molecular flexibility index (Phi) is 4.55. The molecule has 20 heavy (non-hydrogen) atoms. The van der Waals surface area contributed by atoms with E-state index in [9.17, 15) is 4.79 Å². The number of thioether (sulfide) groups is 1. The number of carbonyl (C=O) groups is 1. The van der Waals surface area contributed by atoms with Gasteiger partial charge in [0.2, 0.25) is 5.12 Å². The lowest BCUT2D eigenvalue weighted by Gasteiger charge is -2.13. The van der Waals surface area contributed by atoms with Crippen LogP contribution in [-0.2, 0) is 0 Å². The van der Waals surface area contributed by atoms with Gasteiger partial charge in [-0.3, -0.25) is 4.79 Å². The van der Waals surface area contributed by atoms with Gasteiger partial charge in [0, 0.05) is 22.2 Å². The molecule has 0 radical (unpaired) electrons. The van der Waals surface area contributed by atoms with E-state index in [0.29, 0.717) is 16.3 Å². The van der Waals surface area contributed by atoms with Crippen LogP contribution in [0.5, 0.6) is 0 Å². The van der Waals surface area contributed by atoms with Gasteiger partial charge in [-0.1, -0.05) is 35.4 Å². The molecule has 0 aliphatic carbocycles. The van der Waals surface area contributed by atoms with Gasteiger partial charge in [-0.05, 0) is 43.7 Å². The first-order valence-electron chi connectivity index (χ1n) is 6.36. The molecule has 0 spiro atoms. The number of halogens is 1. The molecule has 5 heteroatoms. The summed E-state index contributed by atoms with van der Waals surface area (Å²) in [5.74, 6) is 1.39. The van der Waals surface area contributed by atoms with Crippen LogP contribution >= 0.6 is 23.4 Å². The SMILES string of the molecule is CCSC(=O)c1cc(Cl)c(C)c(-c2cc(C)no2)c1C. The van der Waals surface area contributed by atoms with Crippen molar-refractivity contribution in [3.63, 3.8) is 0 Å². The lowest BCUT2D eigenvalue weighted by Crippen LogP contribution is -2.01. The summed E-state index contributed by atoms with van der Waals surface area (Å²) in [4.78, 5) is 12.2. The fourth-order valence-electron chi connectivity index (χ4n) is 2.15. The summed E-state index contributed by atoms with van der Waals surface area (Å²) in [6.45, 7) is 7.65. The first-order chi connectivity index (χ1) is 9.45. The standard InChI is InChI=1S/C15H16ClNO2S/c1-5-20-15(18)11-7-12(16)10(4)14(9(11)3)13-6-8(2)17-19-13/h6-7H,5H2,1-4H3. The average Bonchev–Trinajstić information content (AvgIpc) is 2.81. The number of hydrogen-bond donors (Lipinski definition) is 0. The summed E-state index contributed by atoms with van der Waals surface area (Å²) < 4.78 is 5.33. The third kappa shape index (κ3) is 2.76. The van der Waals surface area contributed by atoms with Crippen molar-refractivity contribution in [2.75, 3.05) is 5.75 Å². The average molecular weight is 310 g/mol. The van der Waals surface area contributed by atoms with Gasteiger partial charge < -0.3 is 4.52 Å². The van der Waals surface area contributed by atoms with Crippen molar-refractivity contribution in [2.24, 2.45) is 0 Å². The molecule has 0 fully saturated rings. The molecule has 0 N–H and O–H groups in total. The molecule has 0 aliphatic heterocycles. The highest BCUT2D eigenvalue weighted by molar-refractivity contribution is 8.14. The zero-order valence-electron chi connectivity index (χ0n) is 11.9. The quantitative estimate of drug-likeness (QED) is 0.815. The van der Waals surface area contributed by atoms with E-state index in [1.54, 1.807) is 6.07 Å². The molecule has 1 aromatic heterocycles. The number of benzene rings is 1. The topological polar surface area (TPSA) is 43.1 Å². The van der Waals surface area contributed by atoms with Crippen molar-refractivity contribution in [3.8, 4) is 11.3 Å². The van der Waals surface area contributed by atoms with Gasteiger partial charge in [-0.2, -0.15) is 0 Å². The Morgan fingerprint density at radius 3 is 2.55 bits per heavy atom. The molecule has 2 rings (SSSR count). The lowest BCUT2D eigenvalue weighted by molar-refractivity contribution is 0.108. The molecule has 1 aromatic carbocycles. The van der Waals surface area contributed by atoms with Crippen molar-refractivity contribution >= 4 is 28.5 Å². The summed E-state index contributed by atoms with van der Waals surface area (Å²) in [6.07, 6.45) is 0. The van der Waals surface area contributed by atoms with E-state index in [2.05, 4.69) is 5.16 Å². The minimum Gasteiger partial charge on any atom is -0.356 e. The van der Waals surface area contributed by atoms with E-state index in [-0.39, 0.29) is 5.12 Å². The first-order valence-corrected chi connectivity index (χ1v) is 7.72. The third-order valence-electron chi connectivity index (χ3n) is 3.15. The van der Waals surface area contributed by atoms with Crippen LogP contribution in [-0.4, -0.2) is 16.0 Å². The molecule has 2 aromatic rings. The Morgan fingerprint density at radius 2 is 2.00 bits per heavy atom. The number of hydrogen-bond acceptors (Lipinski definition) is 4. The van der Waals surface area contributed by atoms with E-state index < -0.39 is 0 Å². The van der Waals surface area contributed by atoms with Crippen molar-refractivity contribution in [3.05, 3.63) is 39.5 Å². The van der Waals surface area contributed by atoms with Gasteiger partial charge in [-0.25, -0.2) is 0 Å². The molecular formula is C15H16ClNO2S. The molecule has 0 atom stereocenters. The van der Waals surface area contributed by atoms with Gasteiger partial charge >= 0.3 is 0 Å². The second-order valence-electron chi connectivity index (χ2n) is 4.58. The van der Waals surface area contributed by atoms with Crippen molar-refractivity contribution in [1.29, 1.82) is 0 Å². The van der Waals surface area contributed by atoms with Crippen molar-refractivity contribution in [2.45, 2.75) is 27.7 Å². The monoisotopic (exact) mass is 309 g/mol. The van der Waals surface area contributed by atoms with E-state index in [1.807, 2.05) is 33.8 Å². The van der Waals surface area contributed by atoms with Crippen LogP contribution < -0.4 is 0 Å². The molecule has 0 bridgehead atoms. The molecule has 106 valence electrons. The number of aromatic nitrogens is 1. The second kappa shape index (κ2) is 6.02. The highest BCUT2D eigenvalue weighted by Crippen LogP contribution is 2.35. The van der Waals surface area contributed by atoms with Gasteiger partial charge in [0.1, 0.15) is 0 Å². The number of carbonyl (C=O) groups excluding carboxylic acids is 1. The van der Waals surface area contributed by atoms with Gasteiger partial charge in [0.15, 0.2) is 5.76 Å². The normalized spacial score (nSPS) is 10.8. The molecule has 0 saturated heterocycles. The van der Waals surface area contributed by atoms with Crippen molar-refractivity contribution in [1.82, 2.24) is 5.16 Å². The molecular weight excluding hydrogens is 294 g/mol. The summed E-state index contributed by atoms with van der Waals surface area (Å²) >= 11 is 7.55. The molecule has 0 amide bonds. The summed E-state index contributed by atoms with van der Waals surface area (Å²) in [7, 11) is 0. The Labute approximate surface area is 127 Å². The smallest absolute Gasteiger partial charge is 0.219 e. The Morgan fingerprint density at radius 1 is 1.30 bits per heavy atom. The van der Waals surface area contributed by atoms with Gasteiger partial charge in [0.05, 0.1) is 5.69 Å². The Balaban J connectivity index is 2.64. The third-order valence-corrected chi connectivity index (χ3v) is 4.32. The van der Waals surface area contributed by atoms with E-state index in [0.717, 1.165) is 28.1 Å². The lowest BCUT2D eigenvalue weighted by atomic mass is 9.96. The highest BCUT2D eigenvalue weighted by atomic mass is 35.5. The maximum atomic E-state index is 12.2. The fourth-order valence-corrected chi connectivity index (χ4v) is 2.98. The van der Waals surface area contributed by atoms with Crippen molar-refractivity contribution < 1.29 is 9.32 Å². The van der Waals surface area contributed by atoms with E-state index in [1.165, 1.54) is 11.8 Å². The Bertz CT molecular complexity index is 664. The zero-order valence-corrected chi connectivity index (χ0v) is 13.5. The van der Waals surface area contributed by atoms with Crippen LogP contribution in [0.1, 0.15) is 34.1 Å². The molecule has 0 aliphatic rings. The zero-order chi connectivity index (χ0) is 14.9. The molecule has 1 heterocycles. The van der Waals surface area contributed by atoms with E-state index in [4.69, 9.17) is 16.1 Å². The van der Waals surface area contributed by atoms with E-state index >= 15 is 0 Å². The number of rotatable bonds is 3. The predicted octanol–water partition coefficient (Wildman–Crippen LogP) is 4.81. The highest BCUT2D eigenvalue weighted by Gasteiger charge is 2.20. The van der Waals surface area contributed by atoms with Gasteiger partial charge in [0.25, 0.3) is 0 Å². The fraction of sp³-hybridized carbons (Fsp3) is 0.333. The van der Waals surface area contributed by atoms with Crippen LogP contribution in [0.2, 0.25) is 5.02 Å². The van der Waals surface area contributed by atoms with Crippen LogP contribution in [0.4, 0.5) is 0 Å². The molecule has 0 saturated carbocycles. The molecule has 0 unspecified atom stereocenters. The predicted molar refractivity (Wildman–Crippen MR) is 83.6 cm³/mol. The largest absolute Gasteiger partial charge is 0.356 e. The summed E-state index contributed by atoms with van der Waals surface area (Å²) in [6, 6.07) is 3.59. The van der Waals surface area contributed by atoms with Crippen LogP contribution in [0.25, 0.3) is 11.3 Å². The summed E-state index contributed by atoms with van der Waals surface area (Å²) in [5.41, 5.74) is 4.08. The minimum absolute atomic E-state index is 0.0318. The number of nitrogens with zero attached hydrogens (tertiary/aromatic N) is 1. The van der Waals surface area contributed by atoms with Gasteiger partial charge in [-0.15, -0.1) is 0 Å². The van der Waals surface area contributed by atoms with Crippen LogP contribution in [0, 0.1) is 20.8 Å².